The minimum atomic E-state index is 0.815. The standard InChI is InChI=1S/C10H16N2O/c1-13-8-4-6-11-9-10-5-2-3-7-12-10/h2-3,5,7,11H,4,6,8-9H2,1H3. The van der Waals surface area contributed by atoms with Crippen LogP contribution in [-0.2, 0) is 11.3 Å². The molecule has 0 fully saturated rings. The van der Waals surface area contributed by atoms with E-state index in [9.17, 15) is 0 Å². The van der Waals surface area contributed by atoms with Crippen molar-refractivity contribution in [3.63, 3.8) is 0 Å². The van der Waals surface area contributed by atoms with Gasteiger partial charge in [0.2, 0.25) is 0 Å². The van der Waals surface area contributed by atoms with Crippen molar-refractivity contribution >= 4 is 0 Å². The molecule has 0 aliphatic rings. The predicted octanol–water partition coefficient (Wildman–Crippen LogP) is 1.21. The molecule has 1 N–H and O–H groups in total. The second-order valence-corrected chi connectivity index (χ2v) is 2.84. The van der Waals surface area contributed by atoms with Crippen LogP contribution in [0.3, 0.4) is 0 Å². The molecule has 1 rings (SSSR count). The normalized spacial score (nSPS) is 10.2. The van der Waals surface area contributed by atoms with E-state index in [-0.39, 0.29) is 0 Å². The summed E-state index contributed by atoms with van der Waals surface area (Å²) in [6, 6.07) is 5.94. The monoisotopic (exact) mass is 180 g/mol. The van der Waals surface area contributed by atoms with Gasteiger partial charge in [0.05, 0.1) is 5.69 Å². The zero-order valence-corrected chi connectivity index (χ0v) is 7.99. The smallest absolute Gasteiger partial charge is 0.0541 e. The number of nitrogens with one attached hydrogen (secondary N) is 1. The minimum absolute atomic E-state index is 0.815. The van der Waals surface area contributed by atoms with E-state index in [1.165, 1.54) is 0 Å². The summed E-state index contributed by atoms with van der Waals surface area (Å²) in [5.74, 6) is 0. The Morgan fingerprint density at radius 3 is 3.08 bits per heavy atom. The van der Waals surface area contributed by atoms with Gasteiger partial charge in [-0.2, -0.15) is 0 Å². The first kappa shape index (κ1) is 10.2. The Kier molecular flexibility index (Phi) is 5.13. The largest absolute Gasteiger partial charge is 0.385 e. The van der Waals surface area contributed by atoms with Gasteiger partial charge in [0.15, 0.2) is 0 Å². The highest BCUT2D eigenvalue weighted by atomic mass is 16.5. The number of hydrogen-bond donors (Lipinski definition) is 1. The third-order valence-corrected chi connectivity index (χ3v) is 1.73. The molecule has 0 spiro atoms. The summed E-state index contributed by atoms with van der Waals surface area (Å²) in [5, 5.41) is 3.29. The van der Waals surface area contributed by atoms with Crippen molar-refractivity contribution in [1.82, 2.24) is 10.3 Å². The minimum Gasteiger partial charge on any atom is -0.385 e. The highest BCUT2D eigenvalue weighted by molar-refractivity contribution is 5.02. The Morgan fingerprint density at radius 2 is 2.38 bits per heavy atom. The Balaban J connectivity index is 2.07. The van der Waals surface area contributed by atoms with Gasteiger partial charge in [0.25, 0.3) is 0 Å². The summed E-state index contributed by atoms with van der Waals surface area (Å²) in [6.07, 6.45) is 2.86. The van der Waals surface area contributed by atoms with Crippen molar-refractivity contribution in [3.05, 3.63) is 30.1 Å². The molecular formula is C10H16N2O. The van der Waals surface area contributed by atoms with Crippen molar-refractivity contribution in [2.75, 3.05) is 20.3 Å². The lowest BCUT2D eigenvalue weighted by atomic mass is 10.3. The molecular weight excluding hydrogens is 164 g/mol. The second-order valence-electron chi connectivity index (χ2n) is 2.84. The number of ether oxygens (including phenoxy) is 1. The van der Waals surface area contributed by atoms with E-state index in [1.54, 1.807) is 7.11 Å². The molecule has 0 aliphatic heterocycles. The highest BCUT2D eigenvalue weighted by Gasteiger charge is 1.91. The van der Waals surface area contributed by atoms with Gasteiger partial charge in [-0.25, -0.2) is 0 Å². The number of methoxy groups -OCH3 is 1. The lowest BCUT2D eigenvalue weighted by Gasteiger charge is -2.02. The average molecular weight is 180 g/mol. The summed E-state index contributed by atoms with van der Waals surface area (Å²) in [4.78, 5) is 4.20. The van der Waals surface area contributed by atoms with Crippen molar-refractivity contribution in [2.45, 2.75) is 13.0 Å². The van der Waals surface area contributed by atoms with Gasteiger partial charge in [-0.1, -0.05) is 6.07 Å². The van der Waals surface area contributed by atoms with Crippen LogP contribution in [0.25, 0.3) is 0 Å². The molecule has 3 nitrogen and oxygen atoms in total. The van der Waals surface area contributed by atoms with Gasteiger partial charge in [-0.15, -0.1) is 0 Å². The molecule has 0 unspecified atom stereocenters. The maximum atomic E-state index is 4.94. The quantitative estimate of drug-likeness (QED) is 0.668. The van der Waals surface area contributed by atoms with Crippen LogP contribution in [0.15, 0.2) is 24.4 Å². The van der Waals surface area contributed by atoms with E-state index in [1.807, 2.05) is 24.4 Å². The van der Waals surface area contributed by atoms with Gasteiger partial charge >= 0.3 is 0 Å². The molecule has 0 aromatic carbocycles. The first-order valence-corrected chi connectivity index (χ1v) is 4.53. The fourth-order valence-corrected chi connectivity index (χ4v) is 1.06. The molecule has 0 bridgehead atoms. The van der Waals surface area contributed by atoms with Gasteiger partial charge in [0.1, 0.15) is 0 Å². The van der Waals surface area contributed by atoms with Crippen LogP contribution in [0.2, 0.25) is 0 Å². The van der Waals surface area contributed by atoms with Crippen LogP contribution in [0, 0.1) is 0 Å². The van der Waals surface area contributed by atoms with Crippen LogP contribution in [-0.4, -0.2) is 25.2 Å². The molecule has 0 aliphatic carbocycles. The van der Waals surface area contributed by atoms with Gasteiger partial charge < -0.3 is 10.1 Å². The zero-order chi connectivity index (χ0) is 9.36. The fourth-order valence-electron chi connectivity index (χ4n) is 1.06. The fraction of sp³-hybridized carbons (Fsp3) is 0.500. The number of pyridine rings is 1. The first-order valence-electron chi connectivity index (χ1n) is 4.53. The Hall–Kier alpha value is -0.930. The molecule has 1 heterocycles. The lowest BCUT2D eigenvalue weighted by molar-refractivity contribution is 0.194. The van der Waals surface area contributed by atoms with Crippen LogP contribution in [0.4, 0.5) is 0 Å². The second kappa shape index (κ2) is 6.57. The van der Waals surface area contributed by atoms with Gasteiger partial charge in [0, 0.05) is 26.5 Å². The van der Waals surface area contributed by atoms with E-state index in [0.29, 0.717) is 0 Å². The molecule has 0 amide bonds. The molecule has 0 saturated heterocycles. The molecule has 3 heteroatoms. The molecule has 1 aromatic heterocycles. The molecule has 1 aromatic rings. The number of aromatic nitrogens is 1. The third-order valence-electron chi connectivity index (χ3n) is 1.73. The van der Waals surface area contributed by atoms with Crippen LogP contribution >= 0.6 is 0 Å². The van der Waals surface area contributed by atoms with Crippen molar-refractivity contribution in [1.29, 1.82) is 0 Å². The van der Waals surface area contributed by atoms with E-state index < -0.39 is 0 Å². The van der Waals surface area contributed by atoms with Crippen LogP contribution in [0.1, 0.15) is 12.1 Å². The molecule has 0 saturated carbocycles. The summed E-state index contributed by atoms with van der Waals surface area (Å²) in [7, 11) is 1.72. The maximum absolute atomic E-state index is 4.94. The topological polar surface area (TPSA) is 34.1 Å². The molecule has 72 valence electrons. The van der Waals surface area contributed by atoms with E-state index in [4.69, 9.17) is 4.74 Å². The van der Waals surface area contributed by atoms with Crippen LogP contribution in [0.5, 0.6) is 0 Å². The van der Waals surface area contributed by atoms with Crippen molar-refractivity contribution < 1.29 is 4.74 Å². The average Bonchev–Trinajstić information content (AvgIpc) is 2.19. The zero-order valence-electron chi connectivity index (χ0n) is 7.99. The molecule has 0 radical (unpaired) electrons. The maximum Gasteiger partial charge on any atom is 0.0541 e. The highest BCUT2D eigenvalue weighted by Crippen LogP contribution is 1.91. The predicted molar refractivity (Wildman–Crippen MR) is 52.4 cm³/mol. The number of rotatable bonds is 6. The van der Waals surface area contributed by atoms with E-state index in [0.717, 1.165) is 31.8 Å². The number of nitrogens with zero attached hydrogens (tertiary/aromatic N) is 1. The molecule has 0 atom stereocenters. The summed E-state index contributed by atoms with van der Waals surface area (Å²) >= 11 is 0. The van der Waals surface area contributed by atoms with Gasteiger partial charge in [-0.05, 0) is 25.1 Å². The third kappa shape index (κ3) is 4.60. The Labute approximate surface area is 79.1 Å². The van der Waals surface area contributed by atoms with Crippen molar-refractivity contribution in [3.8, 4) is 0 Å². The molecule has 13 heavy (non-hydrogen) atoms. The first-order chi connectivity index (χ1) is 6.43. The summed E-state index contributed by atoms with van der Waals surface area (Å²) in [6.45, 7) is 2.63. The van der Waals surface area contributed by atoms with Crippen molar-refractivity contribution in [2.24, 2.45) is 0 Å². The Morgan fingerprint density at radius 1 is 1.46 bits per heavy atom. The Bertz CT molecular complexity index is 213. The van der Waals surface area contributed by atoms with E-state index in [2.05, 4.69) is 10.3 Å². The number of hydrogen-bond acceptors (Lipinski definition) is 3. The van der Waals surface area contributed by atoms with Crippen LogP contribution < -0.4 is 5.32 Å². The van der Waals surface area contributed by atoms with Gasteiger partial charge in [-0.3, -0.25) is 4.98 Å². The van der Waals surface area contributed by atoms with E-state index >= 15 is 0 Å². The lowest BCUT2D eigenvalue weighted by Crippen LogP contribution is -2.16. The summed E-state index contributed by atoms with van der Waals surface area (Å²) < 4.78 is 4.94. The SMILES string of the molecule is COCCCNCc1ccccn1. The summed E-state index contributed by atoms with van der Waals surface area (Å²) in [5.41, 5.74) is 1.08.